The summed E-state index contributed by atoms with van der Waals surface area (Å²) in [7, 11) is -4.02. The van der Waals surface area contributed by atoms with Gasteiger partial charge in [-0.25, -0.2) is 0 Å². The van der Waals surface area contributed by atoms with Crippen molar-refractivity contribution < 1.29 is 19.1 Å². The third kappa shape index (κ3) is 11.9. The van der Waals surface area contributed by atoms with Crippen LogP contribution in [0.3, 0.4) is 0 Å². The number of aliphatic hydroxyl groups excluding tert-OH is 1. The van der Waals surface area contributed by atoms with Crippen LogP contribution in [0.15, 0.2) is 24.3 Å². The summed E-state index contributed by atoms with van der Waals surface area (Å²) in [6.45, 7) is 4.00. The second-order valence-electron chi connectivity index (χ2n) is 8.09. The third-order valence-electron chi connectivity index (χ3n) is 5.47. The number of aryl methyl sites for hydroxylation is 1. The van der Waals surface area contributed by atoms with E-state index in [0.29, 0.717) is 5.56 Å². The second-order valence-corrected chi connectivity index (χ2v) is 9.97. The maximum absolute atomic E-state index is 11.9. The molecule has 0 spiro atoms. The van der Waals surface area contributed by atoms with Crippen LogP contribution in [0.1, 0.15) is 114 Å². The lowest BCUT2D eigenvalue weighted by atomic mass is 10.0. The van der Waals surface area contributed by atoms with Crippen LogP contribution in [0.2, 0.25) is 0 Å². The molecule has 0 fully saturated rings. The lowest BCUT2D eigenvalue weighted by Crippen LogP contribution is -2.02. The molecule has 2 atom stereocenters. The highest BCUT2D eigenvalue weighted by atomic mass is 31.2. The van der Waals surface area contributed by atoms with E-state index in [1.165, 1.54) is 82.6 Å². The van der Waals surface area contributed by atoms with E-state index in [4.69, 9.17) is 4.52 Å². The first-order valence-electron chi connectivity index (χ1n) is 11.7. The molecule has 4 nitrogen and oxygen atoms in total. The molecule has 168 valence electrons. The molecular weight excluding hydrogens is 383 g/mol. The molecular formula is C24H43O4P. The van der Waals surface area contributed by atoms with Crippen LogP contribution in [-0.4, -0.2) is 16.6 Å². The molecule has 0 saturated carbocycles. The topological polar surface area (TPSA) is 66.8 Å². The molecule has 0 radical (unpaired) electrons. The molecule has 0 heterocycles. The monoisotopic (exact) mass is 426 g/mol. The van der Waals surface area contributed by atoms with E-state index in [0.717, 1.165) is 12.8 Å². The van der Waals surface area contributed by atoms with Gasteiger partial charge in [0.25, 0.3) is 0 Å². The molecule has 2 N–H and O–H groups in total. The van der Waals surface area contributed by atoms with Gasteiger partial charge in [0.1, 0.15) is 0 Å². The molecule has 0 aromatic heterocycles. The highest BCUT2D eigenvalue weighted by Crippen LogP contribution is 2.54. The third-order valence-corrected chi connectivity index (χ3v) is 7.01. The van der Waals surface area contributed by atoms with Gasteiger partial charge in [-0.05, 0) is 30.9 Å². The van der Waals surface area contributed by atoms with Crippen molar-refractivity contribution in [3.8, 4) is 0 Å². The minimum absolute atomic E-state index is 0.0992. The van der Waals surface area contributed by atoms with Crippen LogP contribution in [0, 0.1) is 0 Å². The number of benzene rings is 1. The zero-order valence-electron chi connectivity index (χ0n) is 18.7. The minimum Gasteiger partial charge on any atom is -0.376 e. The van der Waals surface area contributed by atoms with E-state index in [1.54, 1.807) is 19.1 Å². The first-order chi connectivity index (χ1) is 14.0. The van der Waals surface area contributed by atoms with E-state index in [1.807, 2.05) is 12.1 Å². The highest BCUT2D eigenvalue weighted by Gasteiger charge is 2.31. The summed E-state index contributed by atoms with van der Waals surface area (Å²) < 4.78 is 16.7. The van der Waals surface area contributed by atoms with Crippen molar-refractivity contribution in [2.45, 2.75) is 110 Å². The Morgan fingerprint density at radius 3 is 1.69 bits per heavy atom. The normalized spacial score (nSPS) is 14.6. The predicted molar refractivity (Wildman–Crippen MR) is 122 cm³/mol. The molecule has 0 amide bonds. The van der Waals surface area contributed by atoms with Crippen LogP contribution in [0.5, 0.6) is 0 Å². The lowest BCUT2D eigenvalue weighted by molar-refractivity contribution is 0.177. The number of hydrogen-bond donors (Lipinski definition) is 2. The van der Waals surface area contributed by atoms with Gasteiger partial charge in [0, 0.05) is 0 Å². The van der Waals surface area contributed by atoms with Crippen LogP contribution in [-0.2, 0) is 15.5 Å². The Kier molecular flexibility index (Phi) is 14.6. The van der Waals surface area contributed by atoms with Gasteiger partial charge in [-0.15, -0.1) is 0 Å². The fraction of sp³-hybridized carbons (Fsp3) is 0.750. The molecule has 1 aromatic rings. The summed E-state index contributed by atoms with van der Waals surface area (Å²) in [6.07, 6.45) is 18.6. The molecule has 1 aromatic carbocycles. The quantitative estimate of drug-likeness (QED) is 0.188. The maximum atomic E-state index is 11.9. The van der Waals surface area contributed by atoms with Crippen molar-refractivity contribution in [3.63, 3.8) is 0 Å². The molecule has 5 heteroatoms. The summed E-state index contributed by atoms with van der Waals surface area (Å²) in [5, 5.41) is 10.0. The molecule has 0 aliphatic carbocycles. The molecule has 0 aliphatic rings. The van der Waals surface area contributed by atoms with Crippen molar-refractivity contribution in [2.24, 2.45) is 0 Å². The molecule has 29 heavy (non-hydrogen) atoms. The maximum Gasteiger partial charge on any atom is 0.360 e. The Balaban J connectivity index is 2.07. The van der Waals surface area contributed by atoms with Crippen LogP contribution in [0.25, 0.3) is 0 Å². The zero-order valence-corrected chi connectivity index (χ0v) is 19.5. The Hall–Kier alpha value is -0.670. The van der Waals surface area contributed by atoms with Crippen molar-refractivity contribution in [1.29, 1.82) is 0 Å². The van der Waals surface area contributed by atoms with Gasteiger partial charge >= 0.3 is 7.60 Å². The van der Waals surface area contributed by atoms with Gasteiger partial charge < -0.3 is 14.5 Å². The summed E-state index contributed by atoms with van der Waals surface area (Å²) >= 11 is 0. The van der Waals surface area contributed by atoms with Crippen LogP contribution in [0.4, 0.5) is 0 Å². The van der Waals surface area contributed by atoms with Crippen molar-refractivity contribution in [2.75, 3.05) is 6.61 Å². The van der Waals surface area contributed by atoms with Crippen molar-refractivity contribution in [3.05, 3.63) is 35.4 Å². The SMILES string of the molecule is CCCCCCCCCCCCCCCc1ccc(C(O)P(=O)(O)OCC)cc1. The number of hydrogen-bond acceptors (Lipinski definition) is 3. The van der Waals surface area contributed by atoms with E-state index < -0.39 is 13.4 Å². The Labute approximate surface area is 178 Å². The summed E-state index contributed by atoms with van der Waals surface area (Å²) in [5.74, 6) is -1.48. The van der Waals surface area contributed by atoms with Gasteiger partial charge in [0.05, 0.1) is 6.61 Å². The van der Waals surface area contributed by atoms with Gasteiger partial charge in [-0.2, -0.15) is 0 Å². The Morgan fingerprint density at radius 2 is 1.24 bits per heavy atom. The van der Waals surface area contributed by atoms with Gasteiger partial charge in [-0.3, -0.25) is 4.57 Å². The van der Waals surface area contributed by atoms with Gasteiger partial charge in [-0.1, -0.05) is 108 Å². The van der Waals surface area contributed by atoms with Crippen molar-refractivity contribution in [1.82, 2.24) is 0 Å². The van der Waals surface area contributed by atoms with Gasteiger partial charge in [0.15, 0.2) is 5.85 Å². The van der Waals surface area contributed by atoms with E-state index in [-0.39, 0.29) is 6.61 Å². The largest absolute Gasteiger partial charge is 0.376 e. The fourth-order valence-electron chi connectivity index (χ4n) is 3.65. The van der Waals surface area contributed by atoms with E-state index >= 15 is 0 Å². The van der Waals surface area contributed by atoms with Crippen molar-refractivity contribution >= 4 is 7.60 Å². The minimum atomic E-state index is -4.02. The first kappa shape index (κ1) is 26.4. The zero-order chi connectivity index (χ0) is 21.4. The standard InChI is InChI=1S/C24H43O4P/c1-3-5-6-7-8-9-10-11-12-13-14-15-16-17-22-18-20-23(21-19-22)24(25)29(26,27)28-4-2/h18-21,24-25H,3-17H2,1-2H3,(H,26,27). The summed E-state index contributed by atoms with van der Waals surface area (Å²) in [6, 6.07) is 7.32. The smallest absolute Gasteiger partial charge is 0.360 e. The summed E-state index contributed by atoms with van der Waals surface area (Å²) in [4.78, 5) is 9.72. The number of rotatable bonds is 18. The van der Waals surface area contributed by atoms with Crippen LogP contribution >= 0.6 is 7.60 Å². The molecule has 0 bridgehead atoms. The lowest BCUT2D eigenvalue weighted by Gasteiger charge is -2.17. The van der Waals surface area contributed by atoms with Crippen LogP contribution < -0.4 is 0 Å². The second kappa shape index (κ2) is 16.1. The van der Waals surface area contributed by atoms with E-state index in [2.05, 4.69) is 6.92 Å². The fourth-order valence-corrected chi connectivity index (χ4v) is 4.71. The average molecular weight is 427 g/mol. The Morgan fingerprint density at radius 1 is 0.793 bits per heavy atom. The first-order valence-corrected chi connectivity index (χ1v) is 13.4. The molecule has 0 aliphatic heterocycles. The summed E-state index contributed by atoms with van der Waals surface area (Å²) in [5.41, 5.74) is 1.63. The molecule has 2 unspecified atom stereocenters. The van der Waals surface area contributed by atoms with E-state index in [9.17, 15) is 14.6 Å². The molecule has 0 saturated heterocycles. The predicted octanol–water partition coefficient (Wildman–Crippen LogP) is 7.53. The number of aliphatic hydroxyl groups is 1. The Bertz CT molecular complexity index is 559. The van der Waals surface area contributed by atoms with Gasteiger partial charge in [0.2, 0.25) is 0 Å². The average Bonchev–Trinajstić information content (AvgIpc) is 2.71. The highest BCUT2D eigenvalue weighted by molar-refractivity contribution is 7.53. The molecule has 1 rings (SSSR count). The number of unbranched alkanes of at least 4 members (excludes halogenated alkanes) is 12.